The summed E-state index contributed by atoms with van der Waals surface area (Å²) in [7, 11) is 0. The van der Waals surface area contributed by atoms with Gasteiger partial charge in [-0.3, -0.25) is 25.4 Å². The zero-order chi connectivity index (χ0) is 19.4. The number of aromatic nitrogens is 1. The molecule has 2 N–H and O–H groups in total. The van der Waals surface area contributed by atoms with Crippen molar-refractivity contribution < 1.29 is 14.3 Å². The van der Waals surface area contributed by atoms with E-state index < -0.39 is 11.8 Å². The Morgan fingerprint density at radius 3 is 2.59 bits per heavy atom. The van der Waals surface area contributed by atoms with Crippen LogP contribution in [0.3, 0.4) is 0 Å². The summed E-state index contributed by atoms with van der Waals surface area (Å²) in [6, 6.07) is 14.8. The number of nitrogens with one attached hydrogen (secondary N) is 2. The maximum Gasteiger partial charge on any atom is 0.276 e. The van der Waals surface area contributed by atoms with Crippen LogP contribution < -0.4 is 15.6 Å². The first kappa shape index (κ1) is 18.4. The van der Waals surface area contributed by atoms with Crippen molar-refractivity contribution in [3.63, 3.8) is 0 Å². The van der Waals surface area contributed by atoms with Gasteiger partial charge >= 0.3 is 0 Å². The second-order valence-electron chi connectivity index (χ2n) is 6.39. The third-order valence-electron chi connectivity index (χ3n) is 4.11. The van der Waals surface area contributed by atoms with E-state index in [0.29, 0.717) is 11.3 Å². The lowest BCUT2D eigenvalue weighted by Gasteiger charge is -2.12. The third-order valence-corrected chi connectivity index (χ3v) is 4.11. The highest BCUT2D eigenvalue weighted by atomic mass is 16.5. The highest BCUT2D eigenvalue weighted by Gasteiger charge is 2.13. The van der Waals surface area contributed by atoms with Gasteiger partial charge in [-0.1, -0.05) is 30.3 Å². The number of carbonyl (C=O) groups excluding carboxylic acids is 2. The first-order valence-corrected chi connectivity index (χ1v) is 8.59. The number of benzene rings is 2. The van der Waals surface area contributed by atoms with E-state index in [4.69, 9.17) is 4.74 Å². The van der Waals surface area contributed by atoms with Crippen LogP contribution >= 0.6 is 0 Å². The number of fused-ring (bicyclic) bond motifs is 1. The Labute approximate surface area is 157 Å². The average Bonchev–Trinajstić information content (AvgIpc) is 2.66. The zero-order valence-electron chi connectivity index (χ0n) is 15.5. The lowest BCUT2D eigenvalue weighted by molar-refractivity contribution is -0.123. The van der Waals surface area contributed by atoms with Crippen molar-refractivity contribution >= 4 is 22.7 Å². The molecule has 6 nitrogen and oxygen atoms in total. The summed E-state index contributed by atoms with van der Waals surface area (Å²) in [5.74, 6) is -0.205. The molecule has 0 saturated carbocycles. The van der Waals surface area contributed by atoms with E-state index in [2.05, 4.69) is 15.8 Å². The van der Waals surface area contributed by atoms with Crippen LogP contribution in [0.25, 0.3) is 10.9 Å². The number of hydrogen-bond acceptors (Lipinski definition) is 4. The van der Waals surface area contributed by atoms with Crippen LogP contribution in [-0.2, 0) is 4.79 Å². The molecule has 1 heterocycles. The molecule has 3 aromatic rings. The predicted molar refractivity (Wildman–Crippen MR) is 103 cm³/mol. The van der Waals surface area contributed by atoms with Gasteiger partial charge in [0.15, 0.2) is 6.61 Å². The fourth-order valence-electron chi connectivity index (χ4n) is 2.73. The molecule has 27 heavy (non-hydrogen) atoms. The van der Waals surface area contributed by atoms with Crippen molar-refractivity contribution in [2.45, 2.75) is 20.8 Å². The number of aryl methyl sites for hydroxylation is 3. The molecule has 0 atom stereocenters. The molecule has 0 spiro atoms. The van der Waals surface area contributed by atoms with Gasteiger partial charge in [0.1, 0.15) is 5.75 Å². The minimum absolute atomic E-state index is 0.194. The number of carbonyl (C=O) groups is 2. The van der Waals surface area contributed by atoms with Gasteiger partial charge in [0.2, 0.25) is 0 Å². The molecule has 0 bridgehead atoms. The summed E-state index contributed by atoms with van der Waals surface area (Å²) in [6.45, 7) is 5.49. The lowest BCUT2D eigenvalue weighted by atomic mass is 10.1. The van der Waals surface area contributed by atoms with Gasteiger partial charge in [-0.25, -0.2) is 0 Å². The van der Waals surface area contributed by atoms with Gasteiger partial charge < -0.3 is 4.74 Å². The summed E-state index contributed by atoms with van der Waals surface area (Å²) in [4.78, 5) is 28.9. The van der Waals surface area contributed by atoms with E-state index >= 15 is 0 Å². The second kappa shape index (κ2) is 7.86. The largest absolute Gasteiger partial charge is 0.483 e. The van der Waals surface area contributed by atoms with E-state index in [1.807, 2.05) is 63.2 Å². The quantitative estimate of drug-likeness (QED) is 0.699. The van der Waals surface area contributed by atoms with Crippen LogP contribution in [0.2, 0.25) is 0 Å². The Morgan fingerprint density at radius 1 is 1.00 bits per heavy atom. The smallest absolute Gasteiger partial charge is 0.276 e. The Kier molecular flexibility index (Phi) is 5.35. The molecule has 0 aliphatic rings. The molecular weight excluding hydrogens is 342 g/mol. The van der Waals surface area contributed by atoms with Gasteiger partial charge in [-0.2, -0.15) is 0 Å². The van der Waals surface area contributed by atoms with Crippen molar-refractivity contribution in [2.75, 3.05) is 6.61 Å². The van der Waals surface area contributed by atoms with Crippen LogP contribution in [0.5, 0.6) is 5.75 Å². The molecule has 0 radical (unpaired) electrons. The van der Waals surface area contributed by atoms with Crippen LogP contribution in [-0.4, -0.2) is 23.4 Å². The molecule has 3 rings (SSSR count). The zero-order valence-corrected chi connectivity index (χ0v) is 15.5. The number of hydrazine groups is 1. The SMILES string of the molecule is Cc1ccc(C)c(OCC(=O)NNC(=O)c2cc(C)nc3ccccc23)c1. The summed E-state index contributed by atoms with van der Waals surface area (Å²) in [5.41, 5.74) is 8.71. The normalized spacial score (nSPS) is 10.5. The number of nitrogens with zero attached hydrogens (tertiary/aromatic N) is 1. The number of para-hydroxylation sites is 1. The Balaban J connectivity index is 1.62. The van der Waals surface area contributed by atoms with E-state index in [0.717, 1.165) is 27.7 Å². The topological polar surface area (TPSA) is 80.3 Å². The highest BCUT2D eigenvalue weighted by Crippen LogP contribution is 2.19. The molecule has 138 valence electrons. The van der Waals surface area contributed by atoms with E-state index in [1.54, 1.807) is 6.07 Å². The summed E-state index contributed by atoms with van der Waals surface area (Å²) in [6.07, 6.45) is 0. The number of ether oxygens (including phenoxy) is 1. The number of hydrogen-bond donors (Lipinski definition) is 2. The first-order chi connectivity index (χ1) is 12.9. The van der Waals surface area contributed by atoms with E-state index in [9.17, 15) is 9.59 Å². The van der Waals surface area contributed by atoms with E-state index in [-0.39, 0.29) is 6.61 Å². The summed E-state index contributed by atoms with van der Waals surface area (Å²) in [5, 5.41) is 0.724. The minimum atomic E-state index is -0.445. The number of pyridine rings is 1. The molecular formula is C21H21N3O3. The number of amides is 2. The monoisotopic (exact) mass is 363 g/mol. The highest BCUT2D eigenvalue weighted by molar-refractivity contribution is 6.06. The predicted octanol–water partition coefficient (Wildman–Crippen LogP) is 3.00. The van der Waals surface area contributed by atoms with Crippen molar-refractivity contribution in [1.82, 2.24) is 15.8 Å². The fraction of sp³-hybridized carbons (Fsp3) is 0.190. The second-order valence-corrected chi connectivity index (χ2v) is 6.39. The first-order valence-electron chi connectivity index (χ1n) is 8.59. The molecule has 0 saturated heterocycles. The molecule has 0 aliphatic heterocycles. The summed E-state index contributed by atoms with van der Waals surface area (Å²) >= 11 is 0. The Hall–Kier alpha value is -3.41. The molecule has 0 aliphatic carbocycles. The number of rotatable bonds is 4. The van der Waals surface area contributed by atoms with E-state index in [1.165, 1.54) is 0 Å². The molecule has 0 fully saturated rings. The van der Waals surface area contributed by atoms with Crippen molar-refractivity contribution in [3.8, 4) is 5.75 Å². The van der Waals surface area contributed by atoms with Gasteiger partial charge in [0.25, 0.3) is 11.8 Å². The minimum Gasteiger partial charge on any atom is -0.483 e. The molecule has 0 unspecified atom stereocenters. The maximum absolute atomic E-state index is 12.5. The molecule has 6 heteroatoms. The molecule has 2 aromatic carbocycles. The fourth-order valence-corrected chi connectivity index (χ4v) is 2.73. The van der Waals surface area contributed by atoms with Gasteiger partial charge in [0, 0.05) is 11.1 Å². The van der Waals surface area contributed by atoms with Crippen molar-refractivity contribution in [3.05, 3.63) is 70.9 Å². The van der Waals surface area contributed by atoms with Crippen molar-refractivity contribution in [1.29, 1.82) is 0 Å². The van der Waals surface area contributed by atoms with Gasteiger partial charge in [-0.15, -0.1) is 0 Å². The van der Waals surface area contributed by atoms with Gasteiger partial charge in [-0.05, 0) is 50.1 Å². The lowest BCUT2D eigenvalue weighted by Crippen LogP contribution is -2.44. The standard InChI is InChI=1S/C21H21N3O3/c1-13-8-9-14(2)19(10-13)27-12-20(25)23-24-21(26)17-11-15(3)22-18-7-5-4-6-16(17)18/h4-11H,12H2,1-3H3,(H,23,25)(H,24,26). The van der Waals surface area contributed by atoms with Crippen LogP contribution in [0.1, 0.15) is 27.2 Å². The van der Waals surface area contributed by atoms with Crippen LogP contribution in [0.15, 0.2) is 48.5 Å². The third kappa shape index (κ3) is 4.41. The van der Waals surface area contributed by atoms with Gasteiger partial charge in [0.05, 0.1) is 11.1 Å². The van der Waals surface area contributed by atoms with Crippen molar-refractivity contribution in [2.24, 2.45) is 0 Å². The maximum atomic E-state index is 12.5. The van der Waals surface area contributed by atoms with Crippen LogP contribution in [0, 0.1) is 20.8 Å². The Morgan fingerprint density at radius 2 is 1.78 bits per heavy atom. The average molecular weight is 363 g/mol. The Bertz CT molecular complexity index is 1010. The molecule has 1 aromatic heterocycles. The molecule has 2 amide bonds. The van der Waals surface area contributed by atoms with Crippen LogP contribution in [0.4, 0.5) is 0 Å². The summed E-state index contributed by atoms with van der Waals surface area (Å²) < 4.78 is 5.53.